The molecule has 2 heterocycles. The summed E-state index contributed by atoms with van der Waals surface area (Å²) < 4.78 is 59.3. The van der Waals surface area contributed by atoms with Gasteiger partial charge in [0.25, 0.3) is 5.91 Å². The highest BCUT2D eigenvalue weighted by Gasteiger charge is 2.38. The van der Waals surface area contributed by atoms with E-state index < -0.39 is 17.9 Å². The quantitative estimate of drug-likeness (QED) is 0.388. The van der Waals surface area contributed by atoms with E-state index in [2.05, 4.69) is 0 Å². The van der Waals surface area contributed by atoms with Crippen LogP contribution in [0.5, 0.6) is 0 Å². The van der Waals surface area contributed by atoms with Gasteiger partial charge in [0.05, 0.1) is 17.7 Å². The van der Waals surface area contributed by atoms with Gasteiger partial charge >= 0.3 is 12.1 Å². The summed E-state index contributed by atoms with van der Waals surface area (Å²) in [6.07, 6.45) is -2.19. The Morgan fingerprint density at radius 1 is 1.16 bits per heavy atom. The molecule has 11 heteroatoms. The summed E-state index contributed by atoms with van der Waals surface area (Å²) in [4.78, 5) is 26.4. The summed E-state index contributed by atoms with van der Waals surface area (Å²) >= 11 is 6.30. The Labute approximate surface area is 222 Å². The molecule has 1 fully saturated rings. The third-order valence-corrected chi connectivity index (χ3v) is 7.11. The molecule has 0 atom stereocenters. The molecule has 2 aromatic carbocycles. The van der Waals surface area contributed by atoms with Crippen molar-refractivity contribution in [2.45, 2.75) is 44.9 Å². The Morgan fingerprint density at radius 3 is 2.53 bits per heavy atom. The fourth-order valence-electron chi connectivity index (χ4n) is 5.01. The van der Waals surface area contributed by atoms with Crippen LogP contribution in [-0.4, -0.2) is 54.3 Å². The molecule has 1 saturated heterocycles. The van der Waals surface area contributed by atoms with E-state index >= 15 is 0 Å². The normalized spacial score (nSPS) is 14.8. The molecule has 38 heavy (non-hydrogen) atoms. The fourth-order valence-corrected chi connectivity index (χ4v) is 5.28. The van der Waals surface area contributed by atoms with Gasteiger partial charge in [0.15, 0.2) is 0 Å². The van der Waals surface area contributed by atoms with Gasteiger partial charge in [0.2, 0.25) is 0 Å². The van der Waals surface area contributed by atoms with E-state index in [4.69, 9.17) is 16.3 Å². The number of nitrogens with one attached hydrogen (secondary N) is 1. The molecule has 1 aliphatic heterocycles. The number of amides is 2. The van der Waals surface area contributed by atoms with Crippen LogP contribution in [-0.2, 0) is 22.6 Å². The number of piperidine rings is 1. The molecule has 0 saturated carbocycles. The summed E-state index contributed by atoms with van der Waals surface area (Å²) in [7, 11) is 1.61. The summed E-state index contributed by atoms with van der Waals surface area (Å²) in [6.45, 7) is 3.41. The maximum Gasteiger partial charge on any atom is 0.471 e. The molecule has 4 rings (SSSR count). The number of aryl methyl sites for hydroxylation is 1. The van der Waals surface area contributed by atoms with Crippen molar-refractivity contribution in [3.8, 4) is 0 Å². The lowest BCUT2D eigenvalue weighted by Gasteiger charge is -2.32. The number of likely N-dealkylation sites (tertiary alicyclic amines) is 1. The number of aromatic nitrogens is 1. The van der Waals surface area contributed by atoms with E-state index in [1.807, 2.05) is 29.1 Å². The van der Waals surface area contributed by atoms with Gasteiger partial charge in [-0.25, -0.2) is 4.39 Å². The molecule has 0 unspecified atom stereocenters. The number of carbonyl (C=O) groups excluding carboxylic acids is 2. The highest BCUT2D eigenvalue weighted by Crippen LogP contribution is 2.33. The highest BCUT2D eigenvalue weighted by atomic mass is 35.5. The second-order valence-corrected chi connectivity index (χ2v) is 9.89. The van der Waals surface area contributed by atoms with Crippen LogP contribution in [0.25, 0.3) is 10.9 Å². The number of alkyl halides is 3. The van der Waals surface area contributed by atoms with Gasteiger partial charge < -0.3 is 19.5 Å². The predicted molar refractivity (Wildman–Crippen MR) is 136 cm³/mol. The molecule has 1 N–H and O–H groups in total. The average molecular weight is 554 g/mol. The van der Waals surface area contributed by atoms with Crippen LogP contribution in [0.4, 0.5) is 17.6 Å². The van der Waals surface area contributed by atoms with Gasteiger partial charge in [-0.3, -0.25) is 9.59 Å². The van der Waals surface area contributed by atoms with Crippen molar-refractivity contribution in [3.63, 3.8) is 0 Å². The molecule has 6 nitrogen and oxygen atoms in total. The Balaban J connectivity index is 1.48. The van der Waals surface area contributed by atoms with Crippen molar-refractivity contribution in [2.24, 2.45) is 0 Å². The lowest BCUT2D eigenvalue weighted by atomic mass is 9.88. The van der Waals surface area contributed by atoms with Crippen molar-refractivity contribution < 1.29 is 31.9 Å². The van der Waals surface area contributed by atoms with Crippen LogP contribution in [0.2, 0.25) is 5.02 Å². The summed E-state index contributed by atoms with van der Waals surface area (Å²) in [5.41, 5.74) is 3.14. The average Bonchev–Trinajstić information content (AvgIpc) is 3.24. The topological polar surface area (TPSA) is 63.6 Å². The predicted octanol–water partition coefficient (Wildman–Crippen LogP) is 5.59. The lowest BCUT2D eigenvalue weighted by Crippen LogP contribution is -2.38. The minimum absolute atomic E-state index is 0.143. The van der Waals surface area contributed by atoms with Crippen molar-refractivity contribution in [1.29, 1.82) is 0 Å². The molecular weight excluding hydrogens is 526 g/mol. The van der Waals surface area contributed by atoms with E-state index in [0.29, 0.717) is 60.8 Å². The molecule has 0 bridgehead atoms. The van der Waals surface area contributed by atoms with Crippen LogP contribution in [0.15, 0.2) is 36.5 Å². The van der Waals surface area contributed by atoms with Crippen molar-refractivity contribution in [2.75, 3.05) is 26.8 Å². The third-order valence-electron chi connectivity index (χ3n) is 6.89. The third kappa shape index (κ3) is 5.96. The molecule has 1 aliphatic rings. The van der Waals surface area contributed by atoms with Crippen LogP contribution in [0, 0.1) is 12.7 Å². The van der Waals surface area contributed by atoms with Crippen molar-refractivity contribution in [3.05, 3.63) is 69.6 Å². The lowest BCUT2D eigenvalue weighted by molar-refractivity contribution is -0.173. The first-order valence-corrected chi connectivity index (χ1v) is 12.6. The summed E-state index contributed by atoms with van der Waals surface area (Å²) in [5.74, 6) is -2.87. The molecule has 2 amide bonds. The van der Waals surface area contributed by atoms with Gasteiger partial charge in [0.1, 0.15) is 5.82 Å². The number of fused-ring (bicyclic) bond motifs is 1. The number of hydrogen-bond acceptors (Lipinski definition) is 3. The first-order valence-electron chi connectivity index (χ1n) is 12.2. The van der Waals surface area contributed by atoms with E-state index in [1.54, 1.807) is 18.1 Å². The minimum Gasteiger partial charge on any atom is -0.383 e. The Bertz CT molecular complexity index is 1350. The van der Waals surface area contributed by atoms with Gasteiger partial charge in [-0.2, -0.15) is 13.2 Å². The number of benzene rings is 2. The zero-order valence-corrected chi connectivity index (χ0v) is 21.8. The molecule has 0 radical (unpaired) electrons. The van der Waals surface area contributed by atoms with Crippen LogP contribution in [0.1, 0.15) is 45.8 Å². The first-order chi connectivity index (χ1) is 18.0. The number of rotatable bonds is 7. The minimum atomic E-state index is -4.98. The second-order valence-electron chi connectivity index (χ2n) is 9.45. The number of halogens is 5. The molecule has 3 aromatic rings. The molecule has 0 aliphatic carbocycles. The van der Waals surface area contributed by atoms with Gasteiger partial charge in [0, 0.05) is 49.9 Å². The van der Waals surface area contributed by atoms with E-state index in [-0.39, 0.29) is 18.4 Å². The van der Waals surface area contributed by atoms with Crippen LogP contribution >= 0.6 is 11.6 Å². The highest BCUT2D eigenvalue weighted by molar-refractivity contribution is 6.31. The molecule has 204 valence electrons. The van der Waals surface area contributed by atoms with Gasteiger partial charge in [-0.05, 0) is 60.6 Å². The zero-order valence-electron chi connectivity index (χ0n) is 21.0. The fraction of sp³-hybridized carbons (Fsp3) is 0.407. The second kappa shape index (κ2) is 11.3. The van der Waals surface area contributed by atoms with E-state index in [0.717, 1.165) is 16.5 Å². The smallest absolute Gasteiger partial charge is 0.383 e. The Hall–Kier alpha value is -3.11. The Kier molecular flexibility index (Phi) is 8.32. The number of hydrogen-bond donors (Lipinski definition) is 1. The van der Waals surface area contributed by atoms with Crippen molar-refractivity contribution in [1.82, 2.24) is 14.8 Å². The molecular formula is C27H28ClF4N3O3. The van der Waals surface area contributed by atoms with E-state index in [1.165, 1.54) is 18.2 Å². The summed E-state index contributed by atoms with van der Waals surface area (Å²) in [6, 6.07) is 7.67. The number of nitrogens with zero attached hydrogens (tertiary/aromatic N) is 2. The zero-order chi connectivity index (χ0) is 27.6. The van der Waals surface area contributed by atoms with Crippen LogP contribution in [0.3, 0.4) is 0 Å². The molecule has 0 spiro atoms. The number of methoxy groups -OCH3 is 1. The maximum absolute atomic E-state index is 14.6. The standard InChI is InChI=1S/C27H28ClF4N3O3/c1-16-11-19(28)13-21-22(15-35(24(16)21)9-10-38-2)25(36)34-7-5-18(6-8-34)20-12-17(3-4-23(20)29)14-33-26(37)27(30,31)32/h3-4,11-13,15,18H,5-10,14H2,1-2H3,(H,33,37). The first kappa shape index (κ1) is 27.9. The SMILES string of the molecule is COCCn1cc(C(=O)N2CCC(c3cc(CNC(=O)C(F)(F)F)ccc3F)CC2)c2cc(Cl)cc(C)c21. The van der Waals surface area contributed by atoms with E-state index in [9.17, 15) is 27.2 Å². The van der Waals surface area contributed by atoms with Gasteiger partial charge in [-0.15, -0.1) is 0 Å². The monoisotopic (exact) mass is 553 g/mol. The largest absolute Gasteiger partial charge is 0.471 e. The summed E-state index contributed by atoms with van der Waals surface area (Å²) in [5, 5.41) is 3.11. The Morgan fingerprint density at radius 2 is 1.87 bits per heavy atom. The van der Waals surface area contributed by atoms with Crippen molar-refractivity contribution >= 4 is 34.3 Å². The number of carbonyl (C=O) groups is 2. The maximum atomic E-state index is 14.6. The number of ether oxygens (including phenoxy) is 1. The molecule has 1 aromatic heterocycles. The van der Waals surface area contributed by atoms with Crippen LogP contribution < -0.4 is 5.32 Å². The van der Waals surface area contributed by atoms with Gasteiger partial charge in [-0.1, -0.05) is 23.7 Å².